The molecule has 0 aromatic rings. The maximum Gasteiger partial charge on any atom is 0.328 e. The molecule has 0 spiro atoms. The van der Waals surface area contributed by atoms with Crippen LogP contribution in [0.2, 0.25) is 0 Å². The zero-order chi connectivity index (χ0) is 55.6. The van der Waals surface area contributed by atoms with Gasteiger partial charge >= 0.3 is 17.9 Å². The van der Waals surface area contributed by atoms with Crippen LogP contribution in [0.25, 0.3) is 0 Å². The van der Waals surface area contributed by atoms with E-state index in [1.807, 2.05) is 0 Å². The number of carboxylic acids is 3. The highest BCUT2D eigenvalue weighted by molar-refractivity contribution is 7.98. The van der Waals surface area contributed by atoms with E-state index in [-0.39, 0.29) is 38.0 Å². The summed E-state index contributed by atoms with van der Waals surface area (Å²) in [7, 11) is 0. The second-order valence-electron chi connectivity index (χ2n) is 17.5. The summed E-state index contributed by atoms with van der Waals surface area (Å²) in [6.45, 7) is 8.64. The molecule has 0 heterocycles. The van der Waals surface area contributed by atoms with Crippen molar-refractivity contribution >= 4 is 82.8 Å². The molecule has 0 aromatic carbocycles. The molecule has 0 aromatic heterocycles. The fourth-order valence-electron chi connectivity index (χ4n) is 6.60. The van der Waals surface area contributed by atoms with E-state index in [2.05, 4.69) is 42.5 Å². The van der Waals surface area contributed by atoms with Gasteiger partial charge in [0.2, 0.25) is 53.2 Å². The van der Waals surface area contributed by atoms with Crippen LogP contribution < -0.4 is 59.7 Å². The number of carbonyl (C=O) groups excluding carboxylic acids is 9. The van der Waals surface area contributed by atoms with Crippen molar-refractivity contribution in [3.8, 4) is 0 Å². The average molecular weight is 1050 g/mol. The lowest BCUT2D eigenvalue weighted by Crippen LogP contribution is -2.62. The summed E-state index contributed by atoms with van der Waals surface area (Å²) in [5.74, 6) is -14.9. The number of nitrogens with two attached hydrogens (primary N) is 3. The number of thioether (sulfide) groups is 1. The molecule has 0 unspecified atom stereocenters. The number of aliphatic hydroxyl groups excluding tert-OH is 2. The number of hydrogen-bond acceptors (Lipinski definition) is 17. The van der Waals surface area contributed by atoms with E-state index in [0.29, 0.717) is 6.42 Å². The minimum Gasteiger partial charge on any atom is -0.481 e. The molecule has 0 rings (SSSR count). The van der Waals surface area contributed by atoms with E-state index in [0.717, 1.165) is 13.8 Å². The zero-order valence-electron chi connectivity index (χ0n) is 41.6. The molecule has 0 aliphatic heterocycles. The van der Waals surface area contributed by atoms with Crippen molar-refractivity contribution in [2.75, 3.05) is 18.6 Å². The summed E-state index contributed by atoms with van der Waals surface area (Å²) in [6, 6.07) is -14.4. The second kappa shape index (κ2) is 33.5. The van der Waals surface area contributed by atoms with E-state index in [1.165, 1.54) is 25.6 Å². The predicted octanol–water partition coefficient (Wildman–Crippen LogP) is -5.16. The maximum atomic E-state index is 14.0. The number of amides is 9. The highest BCUT2D eigenvalue weighted by atomic mass is 32.2. The lowest BCUT2D eigenvalue weighted by atomic mass is 9.96. The van der Waals surface area contributed by atoms with Gasteiger partial charge in [-0.05, 0) is 76.3 Å². The summed E-state index contributed by atoms with van der Waals surface area (Å²) in [5, 5.41) is 67.0. The second-order valence-corrected chi connectivity index (χ2v) is 18.5. The van der Waals surface area contributed by atoms with Gasteiger partial charge in [-0.15, -0.1) is 0 Å². The Morgan fingerprint density at radius 3 is 1.39 bits per heavy atom. The molecule has 410 valence electrons. The Labute approximate surface area is 421 Å². The first-order valence-corrected chi connectivity index (χ1v) is 24.6. The molecule has 0 aliphatic carbocycles. The van der Waals surface area contributed by atoms with Crippen molar-refractivity contribution in [3.63, 3.8) is 0 Å². The Kier molecular flexibility index (Phi) is 30.6. The van der Waals surface area contributed by atoms with Gasteiger partial charge in [0.25, 0.3) is 0 Å². The SMILES string of the molecule is CC[C@H](C)[C@H](NC(=O)[C@@H](NC(=O)[C@@H](N)CC(=O)O)[C@@H](C)O)C(=O)N[C@@H](CCSC)C(=O)N[C@@H](CCC(=O)O)C(=O)N[C@@H](CCCCN)C(=O)N[C@@H](CC(N)=O)C(=O)N[C@H](C(=O)N[C@H](C(=O)O)[C@@H](C)O)C(C)C. The number of aliphatic hydroxyl groups is 2. The molecule has 0 saturated carbocycles. The Morgan fingerprint density at radius 2 is 0.944 bits per heavy atom. The van der Waals surface area contributed by atoms with Gasteiger partial charge in [0.05, 0.1) is 31.1 Å². The lowest BCUT2D eigenvalue weighted by molar-refractivity contribution is -0.145. The first-order valence-electron chi connectivity index (χ1n) is 23.2. The molecule has 0 bridgehead atoms. The largest absolute Gasteiger partial charge is 0.481 e. The normalized spacial score (nSPS) is 16.2. The molecule has 72 heavy (non-hydrogen) atoms. The number of hydrogen-bond donors (Lipinski definition) is 16. The number of nitrogens with one attached hydrogen (secondary N) is 8. The van der Waals surface area contributed by atoms with E-state index < -0.39 is 175 Å². The first kappa shape index (κ1) is 65.8. The van der Waals surface area contributed by atoms with Gasteiger partial charge in [-0.25, -0.2) is 4.79 Å². The van der Waals surface area contributed by atoms with Crippen LogP contribution in [0.5, 0.6) is 0 Å². The number of carboxylic acid groups (broad SMARTS) is 3. The number of rotatable bonds is 36. The minimum atomic E-state index is -1.78. The van der Waals surface area contributed by atoms with Crippen molar-refractivity contribution in [2.24, 2.45) is 29.0 Å². The Morgan fingerprint density at radius 1 is 0.514 bits per heavy atom. The summed E-state index contributed by atoms with van der Waals surface area (Å²) in [6.07, 6.45) is -3.73. The third kappa shape index (κ3) is 24.3. The molecule has 19 N–H and O–H groups in total. The molecule has 29 heteroatoms. The number of aliphatic carboxylic acids is 3. The van der Waals surface area contributed by atoms with E-state index in [1.54, 1.807) is 20.1 Å². The van der Waals surface area contributed by atoms with Gasteiger partial charge in [0.15, 0.2) is 6.04 Å². The van der Waals surface area contributed by atoms with Crippen LogP contribution in [0.1, 0.15) is 99.3 Å². The van der Waals surface area contributed by atoms with Crippen molar-refractivity contribution < 1.29 is 83.1 Å². The Hall–Kier alpha value is -6.17. The Balaban J connectivity index is 6.77. The molecule has 9 amide bonds. The van der Waals surface area contributed by atoms with Crippen molar-refractivity contribution in [2.45, 2.75) is 166 Å². The van der Waals surface area contributed by atoms with Crippen molar-refractivity contribution in [1.29, 1.82) is 0 Å². The van der Waals surface area contributed by atoms with Gasteiger partial charge in [-0.2, -0.15) is 11.8 Å². The summed E-state index contributed by atoms with van der Waals surface area (Å²) in [5.41, 5.74) is 16.7. The molecule has 0 radical (unpaired) electrons. The molecule has 12 atom stereocenters. The monoisotopic (exact) mass is 1050 g/mol. The fourth-order valence-corrected chi connectivity index (χ4v) is 7.07. The Bertz CT molecular complexity index is 1890. The lowest BCUT2D eigenvalue weighted by Gasteiger charge is -2.30. The van der Waals surface area contributed by atoms with Crippen LogP contribution in [0.4, 0.5) is 0 Å². The summed E-state index contributed by atoms with van der Waals surface area (Å²) >= 11 is 1.27. The maximum absolute atomic E-state index is 14.0. The average Bonchev–Trinajstić information content (AvgIpc) is 3.28. The van der Waals surface area contributed by atoms with Crippen molar-refractivity contribution in [3.05, 3.63) is 0 Å². The number of unbranched alkanes of at least 4 members (excludes halogenated alkanes) is 1. The third-order valence-corrected chi connectivity index (χ3v) is 11.7. The topological polar surface area (TPSA) is 480 Å². The first-order chi connectivity index (χ1) is 33.5. The van der Waals surface area contributed by atoms with E-state index in [4.69, 9.17) is 22.3 Å². The predicted molar refractivity (Wildman–Crippen MR) is 258 cm³/mol. The third-order valence-electron chi connectivity index (χ3n) is 11.0. The van der Waals surface area contributed by atoms with Gasteiger partial charge in [-0.3, -0.25) is 52.7 Å². The van der Waals surface area contributed by atoms with Gasteiger partial charge in [-0.1, -0.05) is 34.1 Å². The van der Waals surface area contributed by atoms with Gasteiger partial charge < -0.3 is 85.3 Å². The molecular weight excluding hydrogens is 975 g/mol. The fraction of sp³-hybridized carbons (Fsp3) is 0.721. The molecule has 0 aliphatic rings. The zero-order valence-corrected chi connectivity index (χ0v) is 42.4. The van der Waals surface area contributed by atoms with E-state index >= 15 is 0 Å². The van der Waals surface area contributed by atoms with Crippen LogP contribution in [0.3, 0.4) is 0 Å². The van der Waals surface area contributed by atoms with Gasteiger partial charge in [0, 0.05) is 6.42 Å². The van der Waals surface area contributed by atoms with Crippen LogP contribution >= 0.6 is 11.8 Å². The quantitative estimate of drug-likeness (QED) is 0.0261. The van der Waals surface area contributed by atoms with Gasteiger partial charge in [0.1, 0.15) is 42.3 Å². The highest BCUT2D eigenvalue weighted by Gasteiger charge is 2.38. The molecule has 0 fully saturated rings. The minimum absolute atomic E-state index is 0.0749. The van der Waals surface area contributed by atoms with Crippen LogP contribution in [0.15, 0.2) is 0 Å². The van der Waals surface area contributed by atoms with Crippen molar-refractivity contribution in [1.82, 2.24) is 42.5 Å². The number of carbonyl (C=O) groups is 12. The van der Waals surface area contributed by atoms with Crippen LogP contribution in [-0.2, 0) is 57.5 Å². The summed E-state index contributed by atoms with van der Waals surface area (Å²) < 4.78 is 0. The number of primary amides is 1. The molecule has 28 nitrogen and oxygen atoms in total. The molecular formula is C43H75N11O17S. The summed E-state index contributed by atoms with van der Waals surface area (Å²) in [4.78, 5) is 155. The highest BCUT2D eigenvalue weighted by Crippen LogP contribution is 2.13. The standard InChI is InChI=1S/C43H75N11O17S/c1-8-20(4)32(52-42(69)33(21(5)55)53-35(62)23(45)17-30(60)61)41(68)49-26(14-16-72-7)38(65)48-25(12-13-29(58)59)37(64)47-24(11-9-10-15-44)36(63)50-27(18-28(46)57)39(66)51-31(19(2)3)40(67)54-34(22(6)56)43(70)71/h19-27,31-34,55-56H,8-18,44-45H2,1-7H3,(H2,46,57)(H,47,64)(H,48,65)(H,49,68)(H,50,63)(H,51,66)(H,52,69)(H,53,62)(H,54,67)(H,58,59)(H,60,61)(H,70,71)/t20-,21+,22+,23-,24-,25-,26-,27-,31-,32-,33-,34-/m0/s1. The van der Waals surface area contributed by atoms with Crippen LogP contribution in [-0.4, -0.2) is 182 Å². The smallest absolute Gasteiger partial charge is 0.328 e. The van der Waals surface area contributed by atoms with E-state index in [9.17, 15) is 78.0 Å². The van der Waals surface area contributed by atoms with Crippen LogP contribution in [0, 0.1) is 11.8 Å². The molecule has 0 saturated heterocycles.